The lowest BCUT2D eigenvalue weighted by atomic mass is 10.0. The van der Waals surface area contributed by atoms with E-state index < -0.39 is 35.4 Å². The fraction of sp³-hybridized carbons (Fsp3) is 0.115. The standard InChI is InChI=1S/C26H20F3N5O3/c27-26(28,29)18-10-8-17(9-11-18)21-14-34(15-32-21)24-19(7-4-12-31-24)25(37)33-20(22(35)23(30)36)13-16-5-2-1-3-6-16/h1-12,14-15,20H,13H2,(H2,30,36)(H,33,37). The lowest BCUT2D eigenvalue weighted by molar-refractivity contribution is -0.137. The van der Waals surface area contributed by atoms with Gasteiger partial charge in [0, 0.05) is 24.4 Å². The van der Waals surface area contributed by atoms with Gasteiger partial charge in [-0.05, 0) is 29.8 Å². The Hall–Kier alpha value is -4.80. The fourth-order valence-electron chi connectivity index (χ4n) is 3.66. The third kappa shape index (κ3) is 5.89. The molecule has 2 aromatic carbocycles. The normalized spacial score (nSPS) is 12.1. The third-order valence-electron chi connectivity index (χ3n) is 5.51. The van der Waals surface area contributed by atoms with E-state index in [1.807, 2.05) is 0 Å². The van der Waals surface area contributed by atoms with E-state index in [0.717, 1.165) is 12.1 Å². The lowest BCUT2D eigenvalue weighted by Crippen LogP contribution is -2.47. The van der Waals surface area contributed by atoms with Crippen LogP contribution in [0.25, 0.3) is 17.1 Å². The van der Waals surface area contributed by atoms with Crippen LogP contribution in [0.4, 0.5) is 13.2 Å². The first-order valence-electron chi connectivity index (χ1n) is 11.0. The Morgan fingerprint density at radius 1 is 0.946 bits per heavy atom. The van der Waals surface area contributed by atoms with Gasteiger partial charge in [-0.1, -0.05) is 42.5 Å². The smallest absolute Gasteiger partial charge is 0.363 e. The molecule has 1 unspecified atom stereocenters. The molecule has 188 valence electrons. The molecule has 0 aliphatic heterocycles. The number of hydrogen-bond donors (Lipinski definition) is 2. The molecule has 0 aliphatic carbocycles. The summed E-state index contributed by atoms with van der Waals surface area (Å²) in [6, 6.07) is 15.1. The van der Waals surface area contributed by atoms with Crippen LogP contribution in [0.5, 0.6) is 0 Å². The van der Waals surface area contributed by atoms with Crippen LogP contribution in [0.1, 0.15) is 21.5 Å². The van der Waals surface area contributed by atoms with Gasteiger partial charge in [0.2, 0.25) is 5.78 Å². The SMILES string of the molecule is NC(=O)C(=O)C(Cc1ccccc1)NC(=O)c1cccnc1-n1cnc(-c2ccc(C(F)(F)F)cc2)c1. The predicted molar refractivity (Wildman–Crippen MR) is 127 cm³/mol. The average molecular weight is 507 g/mol. The van der Waals surface area contributed by atoms with Crippen LogP contribution in [-0.2, 0) is 22.2 Å². The Balaban J connectivity index is 1.59. The van der Waals surface area contributed by atoms with Crippen molar-refractivity contribution >= 4 is 17.6 Å². The molecule has 0 saturated carbocycles. The summed E-state index contributed by atoms with van der Waals surface area (Å²) < 4.78 is 40.0. The van der Waals surface area contributed by atoms with Crippen molar-refractivity contribution in [2.75, 3.05) is 0 Å². The van der Waals surface area contributed by atoms with Gasteiger partial charge in [0.1, 0.15) is 12.4 Å². The second-order valence-electron chi connectivity index (χ2n) is 8.06. The van der Waals surface area contributed by atoms with Crippen LogP contribution in [0.3, 0.4) is 0 Å². The molecule has 0 fully saturated rings. The summed E-state index contributed by atoms with van der Waals surface area (Å²) in [5.74, 6) is -2.64. The molecule has 0 saturated heterocycles. The summed E-state index contributed by atoms with van der Waals surface area (Å²) in [7, 11) is 0. The summed E-state index contributed by atoms with van der Waals surface area (Å²) in [6.45, 7) is 0. The molecule has 4 aromatic rings. The zero-order valence-corrected chi connectivity index (χ0v) is 19.1. The Morgan fingerprint density at radius 2 is 1.65 bits per heavy atom. The van der Waals surface area contributed by atoms with Crippen LogP contribution < -0.4 is 11.1 Å². The highest BCUT2D eigenvalue weighted by Crippen LogP contribution is 2.30. The van der Waals surface area contributed by atoms with Crippen molar-refractivity contribution in [3.63, 3.8) is 0 Å². The van der Waals surface area contributed by atoms with Crippen molar-refractivity contribution in [1.29, 1.82) is 0 Å². The number of alkyl halides is 3. The summed E-state index contributed by atoms with van der Waals surface area (Å²) in [5, 5.41) is 2.56. The lowest BCUT2D eigenvalue weighted by Gasteiger charge is -2.17. The second-order valence-corrected chi connectivity index (χ2v) is 8.06. The van der Waals surface area contributed by atoms with Crippen molar-refractivity contribution in [3.8, 4) is 17.1 Å². The topological polar surface area (TPSA) is 120 Å². The number of pyridine rings is 1. The summed E-state index contributed by atoms with van der Waals surface area (Å²) >= 11 is 0. The van der Waals surface area contributed by atoms with Gasteiger partial charge in [-0.25, -0.2) is 9.97 Å². The second kappa shape index (κ2) is 10.4. The molecule has 2 amide bonds. The molecule has 2 aromatic heterocycles. The van der Waals surface area contributed by atoms with Crippen LogP contribution in [0.2, 0.25) is 0 Å². The van der Waals surface area contributed by atoms with E-state index in [9.17, 15) is 27.6 Å². The zero-order valence-electron chi connectivity index (χ0n) is 19.1. The molecule has 4 rings (SSSR count). The van der Waals surface area contributed by atoms with Gasteiger partial charge in [0.15, 0.2) is 5.82 Å². The van der Waals surface area contributed by atoms with Crippen molar-refractivity contribution in [2.45, 2.75) is 18.6 Å². The number of carbonyl (C=O) groups is 3. The van der Waals surface area contributed by atoms with E-state index in [0.29, 0.717) is 16.8 Å². The van der Waals surface area contributed by atoms with E-state index in [-0.39, 0.29) is 17.8 Å². The summed E-state index contributed by atoms with van der Waals surface area (Å²) in [5.41, 5.74) is 5.99. The van der Waals surface area contributed by atoms with Crippen molar-refractivity contribution in [2.24, 2.45) is 5.73 Å². The number of aromatic nitrogens is 3. The van der Waals surface area contributed by atoms with Crippen LogP contribution in [0, 0.1) is 0 Å². The number of hydrogen-bond acceptors (Lipinski definition) is 5. The third-order valence-corrected chi connectivity index (χ3v) is 5.51. The minimum absolute atomic E-state index is 0.0487. The maximum atomic E-state index is 13.2. The molecule has 1 atom stereocenters. The molecule has 11 heteroatoms. The van der Waals surface area contributed by atoms with E-state index >= 15 is 0 Å². The number of benzene rings is 2. The number of nitrogens with zero attached hydrogens (tertiary/aromatic N) is 3. The average Bonchev–Trinajstić information content (AvgIpc) is 3.38. The number of primary amides is 1. The predicted octanol–water partition coefficient (Wildman–Crippen LogP) is 3.35. The van der Waals surface area contributed by atoms with Crippen LogP contribution in [0.15, 0.2) is 85.5 Å². The molecular weight excluding hydrogens is 487 g/mol. The molecule has 0 spiro atoms. The van der Waals surface area contributed by atoms with E-state index in [2.05, 4.69) is 15.3 Å². The highest BCUT2D eigenvalue weighted by atomic mass is 19.4. The van der Waals surface area contributed by atoms with Gasteiger partial charge in [-0.2, -0.15) is 13.2 Å². The minimum atomic E-state index is -4.46. The van der Waals surface area contributed by atoms with Crippen molar-refractivity contribution in [3.05, 3.63) is 102 Å². The zero-order chi connectivity index (χ0) is 26.6. The Bertz CT molecular complexity index is 1430. The first kappa shape index (κ1) is 25.3. The van der Waals surface area contributed by atoms with E-state index in [1.165, 1.54) is 47.6 Å². The number of carbonyl (C=O) groups excluding carboxylic acids is 3. The highest BCUT2D eigenvalue weighted by Gasteiger charge is 2.30. The Kier molecular flexibility index (Phi) is 7.14. The molecule has 0 bridgehead atoms. The first-order valence-corrected chi connectivity index (χ1v) is 11.0. The maximum Gasteiger partial charge on any atom is 0.416 e. The fourth-order valence-corrected chi connectivity index (χ4v) is 3.66. The number of nitrogens with one attached hydrogen (secondary N) is 1. The molecule has 8 nitrogen and oxygen atoms in total. The molecule has 2 heterocycles. The minimum Gasteiger partial charge on any atom is -0.363 e. The summed E-state index contributed by atoms with van der Waals surface area (Å²) in [6.07, 6.45) is -0.0880. The molecule has 37 heavy (non-hydrogen) atoms. The maximum absolute atomic E-state index is 13.2. The monoisotopic (exact) mass is 507 g/mol. The summed E-state index contributed by atoms with van der Waals surface area (Å²) in [4.78, 5) is 45.6. The molecule has 0 aliphatic rings. The highest BCUT2D eigenvalue weighted by molar-refractivity contribution is 6.38. The number of nitrogens with two attached hydrogens (primary N) is 1. The number of halogens is 3. The van der Waals surface area contributed by atoms with Gasteiger partial charge in [0.25, 0.3) is 11.8 Å². The van der Waals surface area contributed by atoms with Crippen molar-refractivity contribution in [1.82, 2.24) is 19.9 Å². The van der Waals surface area contributed by atoms with Gasteiger partial charge in [-0.15, -0.1) is 0 Å². The number of imidazole rings is 1. The van der Waals surface area contributed by atoms with E-state index in [1.54, 1.807) is 30.3 Å². The Morgan fingerprint density at radius 3 is 2.30 bits per heavy atom. The molecular formula is C26H20F3N5O3. The van der Waals surface area contributed by atoms with Gasteiger partial charge >= 0.3 is 6.18 Å². The molecule has 0 radical (unpaired) electrons. The number of Topliss-reactive ketones (excluding diaryl/α,β-unsaturated/α-hetero) is 1. The van der Waals surface area contributed by atoms with E-state index in [4.69, 9.17) is 5.73 Å². The van der Waals surface area contributed by atoms with Crippen LogP contribution >= 0.6 is 0 Å². The quantitative estimate of drug-likeness (QED) is 0.355. The van der Waals surface area contributed by atoms with Gasteiger partial charge < -0.3 is 11.1 Å². The van der Waals surface area contributed by atoms with Crippen molar-refractivity contribution < 1.29 is 27.6 Å². The Labute approximate surface area is 209 Å². The largest absolute Gasteiger partial charge is 0.416 e. The number of rotatable bonds is 8. The van der Waals surface area contributed by atoms with Gasteiger partial charge in [-0.3, -0.25) is 19.0 Å². The van der Waals surface area contributed by atoms with Crippen LogP contribution in [-0.4, -0.2) is 38.2 Å². The molecule has 3 N–H and O–H groups in total. The first-order chi connectivity index (χ1) is 17.6. The number of ketones is 1. The van der Waals surface area contributed by atoms with Gasteiger partial charge in [0.05, 0.1) is 16.8 Å². The number of amides is 2.